The van der Waals surface area contributed by atoms with Gasteiger partial charge in [0, 0.05) is 0 Å². The van der Waals surface area contributed by atoms with Crippen molar-refractivity contribution in [2.45, 2.75) is 45.6 Å². The predicted molar refractivity (Wildman–Crippen MR) is 74.1 cm³/mol. The molecule has 0 aromatic heterocycles. The lowest BCUT2D eigenvalue weighted by atomic mass is 9.90. The average molecular weight is 260 g/mol. The summed E-state index contributed by atoms with van der Waals surface area (Å²) < 4.78 is 5.33. The molecule has 0 bridgehead atoms. The van der Waals surface area contributed by atoms with Crippen LogP contribution in [0.5, 0.6) is 5.75 Å². The number of hydrogen-bond acceptors (Lipinski definition) is 3. The van der Waals surface area contributed by atoms with Crippen LogP contribution in [-0.2, 0) is 22.4 Å². The Morgan fingerprint density at radius 1 is 1.32 bits per heavy atom. The molecule has 1 aliphatic carbocycles. The Morgan fingerprint density at radius 3 is 2.74 bits per heavy atom. The number of rotatable bonds is 2. The lowest BCUT2D eigenvalue weighted by Crippen LogP contribution is -2.24. The van der Waals surface area contributed by atoms with Crippen LogP contribution in [0.25, 0.3) is 0 Å². The molecular weight excluding hydrogens is 240 g/mol. The first-order chi connectivity index (χ1) is 8.83. The highest BCUT2D eigenvalue weighted by molar-refractivity contribution is 5.73. The van der Waals surface area contributed by atoms with E-state index in [2.05, 4.69) is 6.08 Å². The number of ether oxygens (including phenoxy) is 1. The van der Waals surface area contributed by atoms with E-state index in [1.165, 1.54) is 5.56 Å². The normalized spacial score (nSPS) is 14.6. The van der Waals surface area contributed by atoms with E-state index in [1.807, 2.05) is 26.8 Å². The molecule has 2 rings (SSSR count). The highest BCUT2D eigenvalue weighted by atomic mass is 16.6. The second-order valence-electron chi connectivity index (χ2n) is 5.96. The van der Waals surface area contributed by atoms with Crippen LogP contribution in [0.3, 0.4) is 0 Å². The van der Waals surface area contributed by atoms with Crippen LogP contribution in [0.2, 0.25) is 0 Å². The Bertz CT molecular complexity index is 521. The molecule has 19 heavy (non-hydrogen) atoms. The minimum absolute atomic E-state index is 0.180. The SMILES string of the molecule is CC(C)(C)OC(=O)CC1=CCc2cc(O)ccc2C1. The zero-order valence-corrected chi connectivity index (χ0v) is 11.7. The monoisotopic (exact) mass is 260 g/mol. The van der Waals surface area contributed by atoms with Crippen LogP contribution in [0.1, 0.15) is 38.3 Å². The van der Waals surface area contributed by atoms with Gasteiger partial charge in [0.1, 0.15) is 11.4 Å². The summed E-state index contributed by atoms with van der Waals surface area (Å²) in [5.74, 6) is 0.115. The Morgan fingerprint density at radius 2 is 2.05 bits per heavy atom. The third-order valence-electron chi connectivity index (χ3n) is 3.01. The summed E-state index contributed by atoms with van der Waals surface area (Å²) in [5.41, 5.74) is 2.97. The fourth-order valence-corrected chi connectivity index (χ4v) is 2.24. The highest BCUT2D eigenvalue weighted by Crippen LogP contribution is 2.26. The van der Waals surface area contributed by atoms with Crippen LogP contribution in [0.15, 0.2) is 29.8 Å². The Balaban J connectivity index is 2.00. The standard InChI is InChI=1S/C16H20O3/c1-16(2,3)19-15(18)9-11-4-5-13-10-14(17)7-6-12(13)8-11/h4,6-7,10,17H,5,8-9H2,1-3H3. The molecule has 102 valence electrons. The molecule has 1 aromatic carbocycles. The fourth-order valence-electron chi connectivity index (χ4n) is 2.24. The van der Waals surface area contributed by atoms with E-state index in [0.29, 0.717) is 12.2 Å². The van der Waals surface area contributed by atoms with E-state index in [1.54, 1.807) is 12.1 Å². The van der Waals surface area contributed by atoms with Gasteiger partial charge in [0.15, 0.2) is 0 Å². The number of phenolic OH excluding ortho intramolecular Hbond substituents is 1. The van der Waals surface area contributed by atoms with E-state index < -0.39 is 5.60 Å². The Labute approximate surface area is 113 Å². The average Bonchev–Trinajstić information content (AvgIpc) is 2.26. The number of carbonyl (C=O) groups excluding carboxylic acids is 1. The number of allylic oxidation sites excluding steroid dienone is 1. The van der Waals surface area contributed by atoms with Crippen LogP contribution in [-0.4, -0.2) is 16.7 Å². The number of carbonyl (C=O) groups is 1. The largest absolute Gasteiger partial charge is 0.508 e. The third kappa shape index (κ3) is 3.85. The van der Waals surface area contributed by atoms with Crippen LogP contribution in [0, 0.1) is 0 Å². The third-order valence-corrected chi connectivity index (χ3v) is 3.01. The maximum absolute atomic E-state index is 11.8. The second kappa shape index (κ2) is 5.08. The summed E-state index contributed by atoms with van der Waals surface area (Å²) >= 11 is 0. The maximum atomic E-state index is 11.8. The zero-order valence-electron chi connectivity index (χ0n) is 11.7. The molecular formula is C16H20O3. The Kier molecular flexibility index (Phi) is 3.65. The number of fused-ring (bicyclic) bond motifs is 1. The summed E-state index contributed by atoms with van der Waals surface area (Å²) in [6.45, 7) is 5.62. The van der Waals surface area contributed by atoms with Gasteiger partial charge in [0.25, 0.3) is 0 Å². The summed E-state index contributed by atoms with van der Waals surface area (Å²) in [6.07, 6.45) is 3.93. The molecule has 1 aliphatic rings. The van der Waals surface area contributed by atoms with Gasteiger partial charge in [-0.1, -0.05) is 17.7 Å². The molecule has 1 N–H and O–H groups in total. The number of phenols is 1. The summed E-state index contributed by atoms with van der Waals surface area (Å²) in [4.78, 5) is 11.8. The summed E-state index contributed by atoms with van der Waals surface area (Å²) in [7, 11) is 0. The number of aromatic hydroxyl groups is 1. The van der Waals surface area contributed by atoms with Crippen molar-refractivity contribution in [1.82, 2.24) is 0 Å². The summed E-state index contributed by atoms with van der Waals surface area (Å²) in [6, 6.07) is 5.40. The minimum atomic E-state index is -0.435. The first-order valence-corrected chi connectivity index (χ1v) is 6.54. The van der Waals surface area contributed by atoms with Gasteiger partial charge in [-0.05, 0) is 56.9 Å². The van der Waals surface area contributed by atoms with E-state index in [0.717, 1.165) is 24.0 Å². The first kappa shape index (κ1) is 13.7. The Hall–Kier alpha value is -1.77. The van der Waals surface area contributed by atoms with Crippen LogP contribution in [0.4, 0.5) is 0 Å². The van der Waals surface area contributed by atoms with Gasteiger partial charge < -0.3 is 9.84 Å². The number of benzene rings is 1. The molecule has 0 amide bonds. The van der Waals surface area contributed by atoms with Gasteiger partial charge in [-0.25, -0.2) is 0 Å². The molecule has 0 atom stereocenters. The quantitative estimate of drug-likeness (QED) is 0.656. The molecule has 0 fully saturated rings. The lowest BCUT2D eigenvalue weighted by Gasteiger charge is -2.21. The van der Waals surface area contributed by atoms with E-state index >= 15 is 0 Å². The molecule has 3 nitrogen and oxygen atoms in total. The molecule has 0 spiro atoms. The molecule has 0 saturated heterocycles. The fraction of sp³-hybridized carbons (Fsp3) is 0.438. The van der Waals surface area contributed by atoms with Crippen molar-refractivity contribution in [1.29, 1.82) is 0 Å². The van der Waals surface area contributed by atoms with Crippen molar-refractivity contribution >= 4 is 5.97 Å². The van der Waals surface area contributed by atoms with Gasteiger partial charge in [-0.3, -0.25) is 4.79 Å². The van der Waals surface area contributed by atoms with Crippen LogP contribution < -0.4 is 0 Å². The zero-order chi connectivity index (χ0) is 14.0. The van der Waals surface area contributed by atoms with Crippen LogP contribution >= 0.6 is 0 Å². The minimum Gasteiger partial charge on any atom is -0.508 e. The van der Waals surface area contributed by atoms with E-state index in [9.17, 15) is 9.90 Å². The van der Waals surface area contributed by atoms with E-state index in [-0.39, 0.29) is 5.97 Å². The number of hydrogen-bond donors (Lipinski definition) is 1. The molecule has 0 saturated carbocycles. The molecule has 3 heteroatoms. The van der Waals surface area contributed by atoms with E-state index in [4.69, 9.17) is 4.74 Å². The first-order valence-electron chi connectivity index (χ1n) is 6.54. The van der Waals surface area contributed by atoms with Gasteiger partial charge in [-0.2, -0.15) is 0 Å². The summed E-state index contributed by atoms with van der Waals surface area (Å²) in [5, 5.41) is 9.43. The smallest absolute Gasteiger partial charge is 0.310 e. The van der Waals surface area contributed by atoms with Gasteiger partial charge in [0.05, 0.1) is 6.42 Å². The number of esters is 1. The molecule has 0 heterocycles. The lowest BCUT2D eigenvalue weighted by molar-refractivity contribution is -0.153. The van der Waals surface area contributed by atoms with Gasteiger partial charge >= 0.3 is 5.97 Å². The second-order valence-corrected chi connectivity index (χ2v) is 5.96. The molecule has 0 unspecified atom stereocenters. The van der Waals surface area contributed by atoms with Crippen molar-refractivity contribution in [2.75, 3.05) is 0 Å². The molecule has 0 radical (unpaired) electrons. The van der Waals surface area contributed by atoms with Gasteiger partial charge in [-0.15, -0.1) is 0 Å². The van der Waals surface area contributed by atoms with Crippen molar-refractivity contribution < 1.29 is 14.6 Å². The highest BCUT2D eigenvalue weighted by Gasteiger charge is 2.19. The van der Waals surface area contributed by atoms with Crippen molar-refractivity contribution in [3.8, 4) is 5.75 Å². The van der Waals surface area contributed by atoms with Crippen molar-refractivity contribution in [2.24, 2.45) is 0 Å². The van der Waals surface area contributed by atoms with Crippen molar-refractivity contribution in [3.63, 3.8) is 0 Å². The van der Waals surface area contributed by atoms with Crippen molar-refractivity contribution in [3.05, 3.63) is 41.0 Å². The predicted octanol–water partition coefficient (Wildman–Crippen LogP) is 3.15. The molecule has 0 aliphatic heterocycles. The topological polar surface area (TPSA) is 46.5 Å². The molecule has 1 aromatic rings. The maximum Gasteiger partial charge on any atom is 0.310 e. The van der Waals surface area contributed by atoms with Gasteiger partial charge in [0.2, 0.25) is 0 Å².